The van der Waals surface area contributed by atoms with Crippen LogP contribution < -0.4 is 5.32 Å². The average molecular weight is 483 g/mol. The Kier molecular flexibility index (Phi) is 8.81. The third kappa shape index (κ3) is 6.63. The number of likely N-dealkylation sites (tertiary alicyclic amines) is 1. The van der Waals surface area contributed by atoms with Gasteiger partial charge in [-0.1, -0.05) is 42.5 Å². The van der Waals surface area contributed by atoms with E-state index in [1.54, 1.807) is 30.3 Å². The average Bonchev–Trinajstić information content (AvgIpc) is 2.83. The Morgan fingerprint density at radius 3 is 2.38 bits per heavy atom. The largest absolute Gasteiger partial charge is 0.416 e. The van der Waals surface area contributed by atoms with E-state index in [1.807, 2.05) is 0 Å². The van der Waals surface area contributed by atoms with Crippen LogP contribution in [0.15, 0.2) is 54.6 Å². The van der Waals surface area contributed by atoms with Gasteiger partial charge in [0.25, 0.3) is 0 Å². The molecule has 0 radical (unpaired) electrons. The standard InChI is InChI=1S/C25H30F4N2O3/c26-22(17-21(30-12-5-15-32)23(33)18-6-2-1-3-7-18)31-13-10-24(34,11-14-31)19-8-4-9-20(16-19)25(27,28)29/h1-4,6-9,16,21-22,30,32,34H,5,10-15,17H2. The summed E-state index contributed by atoms with van der Waals surface area (Å²) in [5.41, 5.74) is -1.69. The number of nitrogens with one attached hydrogen (secondary N) is 1. The van der Waals surface area contributed by atoms with E-state index in [1.165, 1.54) is 17.0 Å². The quantitative estimate of drug-likeness (QED) is 0.207. The molecule has 9 heteroatoms. The van der Waals surface area contributed by atoms with Gasteiger partial charge in [0.15, 0.2) is 12.1 Å². The van der Waals surface area contributed by atoms with Crippen LogP contribution in [0, 0.1) is 0 Å². The topological polar surface area (TPSA) is 72.8 Å². The molecule has 1 fully saturated rings. The molecule has 3 rings (SSSR count). The van der Waals surface area contributed by atoms with Gasteiger partial charge in [0.05, 0.1) is 17.2 Å². The van der Waals surface area contributed by atoms with E-state index in [-0.39, 0.29) is 50.3 Å². The maximum atomic E-state index is 15.3. The summed E-state index contributed by atoms with van der Waals surface area (Å²) in [5, 5.41) is 23.0. The van der Waals surface area contributed by atoms with Crippen molar-refractivity contribution in [3.05, 3.63) is 71.3 Å². The maximum absolute atomic E-state index is 15.3. The SMILES string of the molecule is O=C(c1ccccc1)C(CC(F)N1CCC(O)(c2cccc(C(F)(F)F)c2)CC1)NCCCO. The second-order valence-electron chi connectivity index (χ2n) is 8.63. The number of benzene rings is 2. The zero-order valence-corrected chi connectivity index (χ0v) is 18.8. The highest BCUT2D eigenvalue weighted by atomic mass is 19.4. The summed E-state index contributed by atoms with van der Waals surface area (Å²) in [6.07, 6.45) is -5.55. The molecule has 0 amide bonds. The van der Waals surface area contributed by atoms with Gasteiger partial charge in [0.2, 0.25) is 0 Å². The van der Waals surface area contributed by atoms with Gasteiger partial charge in [0, 0.05) is 31.7 Å². The lowest BCUT2D eigenvalue weighted by Gasteiger charge is -2.40. The first-order valence-electron chi connectivity index (χ1n) is 11.4. The molecule has 0 spiro atoms. The Morgan fingerprint density at radius 2 is 1.76 bits per heavy atom. The summed E-state index contributed by atoms with van der Waals surface area (Å²) in [5.74, 6) is -0.251. The minimum Gasteiger partial charge on any atom is -0.396 e. The number of carbonyl (C=O) groups is 1. The predicted molar refractivity (Wildman–Crippen MR) is 120 cm³/mol. The highest BCUT2D eigenvalue weighted by Crippen LogP contribution is 2.37. The first-order valence-corrected chi connectivity index (χ1v) is 11.4. The van der Waals surface area contributed by atoms with E-state index in [2.05, 4.69) is 5.32 Å². The third-order valence-electron chi connectivity index (χ3n) is 6.28. The summed E-state index contributed by atoms with van der Waals surface area (Å²) in [6, 6.07) is 12.4. The van der Waals surface area contributed by atoms with Crippen LogP contribution in [0.1, 0.15) is 47.2 Å². The fourth-order valence-electron chi connectivity index (χ4n) is 4.23. The highest BCUT2D eigenvalue weighted by molar-refractivity contribution is 6.00. The molecule has 186 valence electrons. The Hall–Kier alpha value is -2.33. The lowest BCUT2D eigenvalue weighted by atomic mass is 9.83. The number of rotatable bonds is 10. The molecule has 34 heavy (non-hydrogen) atoms. The number of aliphatic hydroxyl groups excluding tert-OH is 1. The van der Waals surface area contributed by atoms with Crippen molar-refractivity contribution in [2.24, 2.45) is 0 Å². The Morgan fingerprint density at radius 1 is 1.09 bits per heavy atom. The Labute approximate surface area is 196 Å². The van der Waals surface area contributed by atoms with Crippen molar-refractivity contribution in [3.8, 4) is 0 Å². The normalized spacial score (nSPS) is 18.4. The van der Waals surface area contributed by atoms with Gasteiger partial charge in [-0.2, -0.15) is 13.2 Å². The smallest absolute Gasteiger partial charge is 0.396 e. The molecule has 0 bridgehead atoms. The summed E-state index contributed by atoms with van der Waals surface area (Å²) >= 11 is 0. The molecular weight excluding hydrogens is 452 g/mol. The van der Waals surface area contributed by atoms with Crippen LogP contribution in [0.3, 0.4) is 0 Å². The number of nitrogens with zero attached hydrogens (tertiary/aromatic N) is 1. The monoisotopic (exact) mass is 482 g/mol. The molecule has 0 saturated carbocycles. The zero-order valence-electron chi connectivity index (χ0n) is 18.8. The van der Waals surface area contributed by atoms with Crippen molar-refractivity contribution in [1.29, 1.82) is 0 Å². The van der Waals surface area contributed by atoms with E-state index < -0.39 is 29.7 Å². The van der Waals surface area contributed by atoms with E-state index >= 15 is 4.39 Å². The molecule has 2 unspecified atom stereocenters. The van der Waals surface area contributed by atoms with Crippen molar-refractivity contribution in [1.82, 2.24) is 10.2 Å². The molecule has 5 nitrogen and oxygen atoms in total. The molecular formula is C25H30F4N2O3. The van der Waals surface area contributed by atoms with Crippen molar-refractivity contribution >= 4 is 5.78 Å². The molecule has 2 atom stereocenters. The van der Waals surface area contributed by atoms with Crippen molar-refractivity contribution in [2.75, 3.05) is 26.2 Å². The summed E-state index contributed by atoms with van der Waals surface area (Å²) in [4.78, 5) is 14.4. The molecule has 1 heterocycles. The van der Waals surface area contributed by atoms with Crippen molar-refractivity contribution in [2.45, 2.75) is 49.8 Å². The fourth-order valence-corrected chi connectivity index (χ4v) is 4.23. The number of carbonyl (C=O) groups excluding carboxylic acids is 1. The first kappa shape index (κ1) is 26.3. The Balaban J connectivity index is 1.64. The molecule has 1 aliphatic heterocycles. The minimum absolute atomic E-state index is 0.0570. The molecule has 0 aromatic heterocycles. The van der Waals surface area contributed by atoms with Crippen LogP contribution in [-0.2, 0) is 11.8 Å². The van der Waals surface area contributed by atoms with Gasteiger partial charge in [-0.15, -0.1) is 0 Å². The van der Waals surface area contributed by atoms with Gasteiger partial charge >= 0.3 is 6.18 Å². The van der Waals surface area contributed by atoms with Gasteiger partial charge in [0.1, 0.15) is 0 Å². The molecule has 2 aromatic carbocycles. The molecule has 2 aromatic rings. The zero-order chi connectivity index (χ0) is 24.8. The van der Waals surface area contributed by atoms with Crippen LogP contribution in [0.4, 0.5) is 17.6 Å². The number of ketones is 1. The maximum Gasteiger partial charge on any atom is 0.416 e. The van der Waals surface area contributed by atoms with Crippen molar-refractivity contribution in [3.63, 3.8) is 0 Å². The predicted octanol–water partition coefficient (Wildman–Crippen LogP) is 3.90. The number of Topliss-reactive ketones (excluding diaryl/α,β-unsaturated/α-hetero) is 1. The number of aliphatic hydroxyl groups is 2. The first-order chi connectivity index (χ1) is 16.1. The highest BCUT2D eigenvalue weighted by Gasteiger charge is 2.39. The van der Waals surface area contributed by atoms with E-state index in [0.717, 1.165) is 12.1 Å². The van der Waals surface area contributed by atoms with Gasteiger partial charge in [-0.05, 0) is 43.5 Å². The summed E-state index contributed by atoms with van der Waals surface area (Å²) < 4.78 is 54.4. The molecule has 3 N–H and O–H groups in total. The van der Waals surface area contributed by atoms with Gasteiger partial charge < -0.3 is 15.5 Å². The van der Waals surface area contributed by atoms with Crippen LogP contribution in [0.2, 0.25) is 0 Å². The van der Waals surface area contributed by atoms with Crippen LogP contribution >= 0.6 is 0 Å². The van der Waals surface area contributed by atoms with E-state index in [4.69, 9.17) is 5.11 Å². The summed E-state index contributed by atoms with van der Waals surface area (Å²) in [6.45, 7) is 0.563. The van der Waals surface area contributed by atoms with Crippen molar-refractivity contribution < 1.29 is 32.6 Å². The number of piperidine rings is 1. The van der Waals surface area contributed by atoms with Crippen LogP contribution in [-0.4, -0.2) is 59.5 Å². The second-order valence-corrected chi connectivity index (χ2v) is 8.63. The van der Waals surface area contributed by atoms with Gasteiger partial charge in [-0.3, -0.25) is 9.69 Å². The van der Waals surface area contributed by atoms with Gasteiger partial charge in [-0.25, -0.2) is 4.39 Å². The van der Waals surface area contributed by atoms with E-state index in [9.17, 15) is 23.1 Å². The second kappa shape index (κ2) is 11.4. The minimum atomic E-state index is -4.51. The fraction of sp³-hybridized carbons (Fsp3) is 0.480. The van der Waals surface area contributed by atoms with E-state index in [0.29, 0.717) is 18.5 Å². The number of halogens is 4. The summed E-state index contributed by atoms with van der Waals surface area (Å²) in [7, 11) is 0. The number of hydrogen-bond donors (Lipinski definition) is 3. The van der Waals surface area contributed by atoms with Crippen LogP contribution in [0.5, 0.6) is 0 Å². The molecule has 1 aliphatic rings. The van der Waals surface area contributed by atoms with Crippen LogP contribution in [0.25, 0.3) is 0 Å². The Bertz CT molecular complexity index is 931. The number of hydrogen-bond acceptors (Lipinski definition) is 5. The molecule has 0 aliphatic carbocycles. The lowest BCUT2D eigenvalue weighted by Crippen LogP contribution is -2.49. The molecule has 1 saturated heterocycles. The number of alkyl halides is 4. The third-order valence-corrected chi connectivity index (χ3v) is 6.28. The lowest BCUT2D eigenvalue weighted by molar-refractivity contribution is -0.137.